The van der Waals surface area contributed by atoms with Crippen molar-refractivity contribution in [3.63, 3.8) is 0 Å². The molecular formula is C22H48. The Labute approximate surface area is 144 Å². The third kappa shape index (κ3) is 42.7. The maximum absolute atomic E-state index is 3.80. The van der Waals surface area contributed by atoms with Crippen LogP contribution < -0.4 is 0 Å². The van der Waals surface area contributed by atoms with E-state index in [1.54, 1.807) is 0 Å². The lowest BCUT2D eigenvalue weighted by molar-refractivity contribution is 0.320. The molecule has 0 aliphatic carbocycles. The fourth-order valence-corrected chi connectivity index (χ4v) is 2.86. The molecule has 136 valence electrons. The maximum atomic E-state index is 3.80. The standard InChI is InChI=1S/C8H18.C7H16.C7H14/c1-7(2)6-8(3,4)5;2*1-6(2)5-7(3)4/h7H,6H2,1-5H3;6-7H,5H2,1-4H3;7H,1,5H2,2-4H3. The van der Waals surface area contributed by atoms with Crippen molar-refractivity contribution in [3.8, 4) is 0 Å². The van der Waals surface area contributed by atoms with Crippen molar-refractivity contribution in [1.29, 1.82) is 0 Å². The van der Waals surface area contributed by atoms with Crippen LogP contribution in [0.3, 0.4) is 0 Å². The molecule has 0 saturated carbocycles. The summed E-state index contributed by atoms with van der Waals surface area (Å²) >= 11 is 0. The summed E-state index contributed by atoms with van der Waals surface area (Å²) in [4.78, 5) is 0. The predicted molar refractivity (Wildman–Crippen MR) is 107 cm³/mol. The van der Waals surface area contributed by atoms with E-state index < -0.39 is 0 Å². The van der Waals surface area contributed by atoms with Gasteiger partial charge >= 0.3 is 0 Å². The lowest BCUT2D eigenvalue weighted by Crippen LogP contribution is -2.08. The van der Waals surface area contributed by atoms with Gasteiger partial charge in [-0.25, -0.2) is 0 Å². The van der Waals surface area contributed by atoms with Crippen LogP contribution in [-0.2, 0) is 0 Å². The molecule has 0 aromatic carbocycles. The minimum atomic E-state index is 0.522. The zero-order valence-electron chi connectivity index (χ0n) is 18.1. The quantitative estimate of drug-likeness (QED) is 0.447. The van der Waals surface area contributed by atoms with Crippen molar-refractivity contribution < 1.29 is 0 Å². The Balaban J connectivity index is -0.000000247. The van der Waals surface area contributed by atoms with Crippen LogP contribution in [-0.4, -0.2) is 0 Å². The molecule has 0 spiro atoms. The second-order valence-electron chi connectivity index (χ2n) is 9.74. The van der Waals surface area contributed by atoms with Crippen molar-refractivity contribution in [2.45, 2.75) is 102 Å². The summed E-state index contributed by atoms with van der Waals surface area (Å²) < 4.78 is 0. The van der Waals surface area contributed by atoms with E-state index >= 15 is 0 Å². The Morgan fingerprint density at radius 1 is 0.727 bits per heavy atom. The normalized spacial score (nSPS) is 11.3. The molecule has 0 heteroatoms. The van der Waals surface area contributed by atoms with Crippen molar-refractivity contribution in [1.82, 2.24) is 0 Å². The first-order valence-corrected chi connectivity index (χ1v) is 9.31. The maximum Gasteiger partial charge on any atom is -0.0303 e. The summed E-state index contributed by atoms with van der Waals surface area (Å²) in [5.41, 5.74) is 1.81. The highest BCUT2D eigenvalue weighted by Gasteiger charge is 2.11. The Kier molecular flexibility index (Phi) is 17.4. The molecule has 0 rings (SSSR count). The zero-order valence-corrected chi connectivity index (χ0v) is 18.1. The molecule has 0 amide bonds. The third-order valence-electron chi connectivity index (χ3n) is 2.72. The van der Waals surface area contributed by atoms with E-state index in [2.05, 4.69) is 89.7 Å². The molecule has 0 bridgehead atoms. The van der Waals surface area contributed by atoms with Gasteiger partial charge in [0.15, 0.2) is 0 Å². The minimum absolute atomic E-state index is 0.522. The molecule has 0 fully saturated rings. The molecule has 0 aromatic rings. The van der Waals surface area contributed by atoms with E-state index in [9.17, 15) is 0 Å². The molecule has 0 aliphatic rings. The first-order valence-electron chi connectivity index (χ1n) is 9.31. The first kappa shape index (κ1) is 26.6. The van der Waals surface area contributed by atoms with Crippen LogP contribution in [0.15, 0.2) is 12.2 Å². The number of hydrogen-bond acceptors (Lipinski definition) is 0. The van der Waals surface area contributed by atoms with E-state index in [0.29, 0.717) is 5.41 Å². The number of allylic oxidation sites excluding steroid dienone is 1. The predicted octanol–water partition coefficient (Wildman–Crippen LogP) is 8.38. The Morgan fingerprint density at radius 3 is 1.09 bits per heavy atom. The highest BCUT2D eigenvalue weighted by molar-refractivity contribution is 4.88. The second-order valence-corrected chi connectivity index (χ2v) is 9.74. The van der Waals surface area contributed by atoms with Gasteiger partial charge in [-0.1, -0.05) is 81.7 Å². The van der Waals surface area contributed by atoms with E-state index in [4.69, 9.17) is 0 Å². The van der Waals surface area contributed by atoms with Gasteiger partial charge in [-0.05, 0) is 55.3 Å². The van der Waals surface area contributed by atoms with Gasteiger partial charge in [0, 0.05) is 0 Å². The molecular weight excluding hydrogens is 264 g/mol. The average molecular weight is 313 g/mol. The van der Waals surface area contributed by atoms with Crippen LogP contribution in [0.5, 0.6) is 0 Å². The van der Waals surface area contributed by atoms with Crippen molar-refractivity contribution in [2.24, 2.45) is 29.1 Å². The van der Waals surface area contributed by atoms with Gasteiger partial charge in [-0.3, -0.25) is 0 Å². The van der Waals surface area contributed by atoms with Crippen LogP contribution >= 0.6 is 0 Å². The molecule has 0 heterocycles. The fourth-order valence-electron chi connectivity index (χ4n) is 2.86. The van der Waals surface area contributed by atoms with Gasteiger partial charge in [0.05, 0.1) is 0 Å². The van der Waals surface area contributed by atoms with Crippen LogP contribution in [0.4, 0.5) is 0 Å². The Morgan fingerprint density at radius 2 is 1.09 bits per heavy atom. The van der Waals surface area contributed by atoms with Crippen LogP contribution in [0, 0.1) is 29.1 Å². The molecule has 0 nitrogen and oxygen atoms in total. The summed E-state index contributed by atoms with van der Waals surface area (Å²) in [6.45, 7) is 30.7. The monoisotopic (exact) mass is 312 g/mol. The molecule has 0 aliphatic heterocycles. The third-order valence-corrected chi connectivity index (χ3v) is 2.72. The Hall–Kier alpha value is -0.260. The van der Waals surface area contributed by atoms with Crippen LogP contribution in [0.2, 0.25) is 0 Å². The van der Waals surface area contributed by atoms with Crippen molar-refractivity contribution >= 4 is 0 Å². The molecule has 22 heavy (non-hydrogen) atoms. The summed E-state index contributed by atoms with van der Waals surface area (Å²) in [6.07, 6.45) is 3.85. The smallest absolute Gasteiger partial charge is 0.0303 e. The highest BCUT2D eigenvalue weighted by Crippen LogP contribution is 2.23. The zero-order chi connectivity index (χ0) is 18.5. The number of rotatable bonds is 5. The molecule has 0 saturated heterocycles. The molecule has 0 radical (unpaired) electrons. The lowest BCUT2D eigenvalue weighted by Gasteiger charge is -2.19. The molecule has 0 atom stereocenters. The SMILES string of the molecule is C=C(C)CC(C)C.CC(C)CC(C)(C)C.CC(C)CC(C)C. The lowest BCUT2D eigenvalue weighted by atomic mass is 9.86. The summed E-state index contributed by atoms with van der Waals surface area (Å²) in [6, 6.07) is 0. The van der Waals surface area contributed by atoms with E-state index in [1.165, 1.54) is 24.8 Å². The van der Waals surface area contributed by atoms with Gasteiger partial charge in [-0.2, -0.15) is 0 Å². The van der Waals surface area contributed by atoms with Gasteiger partial charge in [0.25, 0.3) is 0 Å². The second kappa shape index (κ2) is 14.3. The highest BCUT2D eigenvalue weighted by atomic mass is 14.2. The van der Waals surface area contributed by atoms with E-state index in [-0.39, 0.29) is 0 Å². The van der Waals surface area contributed by atoms with Crippen molar-refractivity contribution in [3.05, 3.63) is 12.2 Å². The topological polar surface area (TPSA) is 0 Å². The molecule has 0 aromatic heterocycles. The summed E-state index contributed by atoms with van der Waals surface area (Å²) in [5.74, 6) is 3.37. The fraction of sp³-hybridized carbons (Fsp3) is 0.909. The van der Waals surface area contributed by atoms with Crippen molar-refractivity contribution in [2.75, 3.05) is 0 Å². The van der Waals surface area contributed by atoms with Gasteiger partial charge in [0.2, 0.25) is 0 Å². The van der Waals surface area contributed by atoms with Crippen LogP contribution in [0.25, 0.3) is 0 Å². The van der Waals surface area contributed by atoms with Crippen LogP contribution in [0.1, 0.15) is 102 Å². The molecule has 0 unspecified atom stereocenters. The molecule has 0 N–H and O–H groups in total. The number of hydrogen-bond donors (Lipinski definition) is 0. The first-order chi connectivity index (χ1) is 9.67. The van der Waals surface area contributed by atoms with Gasteiger partial charge < -0.3 is 0 Å². The summed E-state index contributed by atoms with van der Waals surface area (Å²) in [7, 11) is 0. The van der Waals surface area contributed by atoms with Gasteiger partial charge in [0.1, 0.15) is 0 Å². The van der Waals surface area contributed by atoms with Gasteiger partial charge in [-0.15, -0.1) is 6.58 Å². The average Bonchev–Trinajstić information content (AvgIpc) is 2.08. The largest absolute Gasteiger partial charge is 0.100 e. The van der Waals surface area contributed by atoms with E-state index in [1.807, 2.05) is 0 Å². The Bertz CT molecular complexity index is 229. The van der Waals surface area contributed by atoms with E-state index in [0.717, 1.165) is 23.7 Å². The summed E-state index contributed by atoms with van der Waals surface area (Å²) in [5, 5.41) is 0. The minimum Gasteiger partial charge on any atom is -0.100 e.